The van der Waals surface area contributed by atoms with Gasteiger partial charge in [0, 0.05) is 6.54 Å². The summed E-state index contributed by atoms with van der Waals surface area (Å²) >= 11 is 1.75. The largest absolute Gasteiger partial charge is 0.376 e. The van der Waals surface area contributed by atoms with Gasteiger partial charge in [-0.05, 0) is 19.3 Å². The van der Waals surface area contributed by atoms with Crippen molar-refractivity contribution < 1.29 is 0 Å². The molecule has 0 bridgehead atoms. The second kappa shape index (κ2) is 2.97. The van der Waals surface area contributed by atoms with Crippen LogP contribution in [0.1, 0.15) is 6.92 Å². The summed E-state index contributed by atoms with van der Waals surface area (Å²) in [5.41, 5.74) is 1.40. The molecule has 0 aromatic carbocycles. The Kier molecular flexibility index (Phi) is 2.22. The average Bonchev–Trinajstić information content (AvgIpc) is 1.90. The first-order valence-corrected chi connectivity index (χ1v) is 4.20. The molecule has 0 unspecified atom stereocenters. The highest BCUT2D eigenvalue weighted by Crippen LogP contribution is 2.11. The van der Waals surface area contributed by atoms with Crippen molar-refractivity contribution in [3.8, 4) is 0 Å². The van der Waals surface area contributed by atoms with Crippen LogP contribution in [-0.4, -0.2) is 12.8 Å². The fraction of sp³-hybridized carbons (Fsp3) is 0.429. The molecule has 0 fully saturated rings. The zero-order valence-electron chi connectivity index (χ0n) is 5.77. The van der Waals surface area contributed by atoms with Crippen LogP contribution in [0.3, 0.4) is 0 Å². The monoisotopic (exact) mass is 141 g/mol. The lowest BCUT2D eigenvalue weighted by molar-refractivity contribution is 0.905. The predicted molar refractivity (Wildman–Crippen MR) is 43.4 cm³/mol. The Morgan fingerprint density at radius 2 is 2.33 bits per heavy atom. The maximum atomic E-state index is 3.27. The van der Waals surface area contributed by atoms with Crippen molar-refractivity contribution in [3.63, 3.8) is 0 Å². The second-order valence-electron chi connectivity index (χ2n) is 2.10. The van der Waals surface area contributed by atoms with Crippen molar-refractivity contribution in [2.75, 3.05) is 12.8 Å². The van der Waals surface area contributed by atoms with E-state index in [0.29, 0.717) is 0 Å². The van der Waals surface area contributed by atoms with Crippen LogP contribution in [-0.2, 0) is 0 Å². The summed E-state index contributed by atoms with van der Waals surface area (Å²) in [5.74, 6) is 0. The van der Waals surface area contributed by atoms with Crippen molar-refractivity contribution in [1.29, 1.82) is 0 Å². The van der Waals surface area contributed by atoms with E-state index < -0.39 is 0 Å². The molecule has 0 aromatic rings. The van der Waals surface area contributed by atoms with E-state index in [2.05, 4.69) is 30.6 Å². The van der Waals surface area contributed by atoms with Gasteiger partial charge >= 0.3 is 0 Å². The third kappa shape index (κ3) is 1.79. The number of rotatable bonds is 1. The summed E-state index contributed by atoms with van der Waals surface area (Å²) < 4.78 is 0. The fourth-order valence-corrected chi connectivity index (χ4v) is 1.12. The summed E-state index contributed by atoms with van der Waals surface area (Å²) in [6.07, 6.45) is 6.35. The summed E-state index contributed by atoms with van der Waals surface area (Å²) in [7, 11) is 0. The van der Waals surface area contributed by atoms with E-state index in [-0.39, 0.29) is 0 Å². The molecule has 1 N–H and O–H groups in total. The van der Waals surface area contributed by atoms with Crippen LogP contribution < -0.4 is 5.32 Å². The summed E-state index contributed by atoms with van der Waals surface area (Å²) in [6.45, 7) is 3.13. The predicted octanol–water partition coefficient (Wildman–Crippen LogP) is 1.74. The normalized spacial score (nSPS) is 18.0. The lowest BCUT2D eigenvalue weighted by Crippen LogP contribution is -2.16. The van der Waals surface area contributed by atoms with Crippen LogP contribution in [0, 0.1) is 0 Å². The molecule has 1 heterocycles. The molecule has 1 aliphatic heterocycles. The van der Waals surface area contributed by atoms with Crippen molar-refractivity contribution in [3.05, 3.63) is 22.8 Å². The first kappa shape index (κ1) is 6.75. The summed E-state index contributed by atoms with van der Waals surface area (Å²) in [6, 6.07) is 0. The molecule has 0 aromatic heterocycles. The minimum atomic E-state index is 1.01. The molecule has 1 aliphatic rings. The third-order valence-electron chi connectivity index (χ3n) is 1.28. The molecule has 0 atom stereocenters. The molecule has 0 amide bonds. The van der Waals surface area contributed by atoms with Gasteiger partial charge in [-0.1, -0.05) is 11.6 Å². The van der Waals surface area contributed by atoms with Gasteiger partial charge in [0.15, 0.2) is 0 Å². The van der Waals surface area contributed by atoms with Gasteiger partial charge in [-0.25, -0.2) is 0 Å². The summed E-state index contributed by atoms with van der Waals surface area (Å²) in [4.78, 5) is 0. The Hall–Kier alpha value is -0.370. The summed E-state index contributed by atoms with van der Waals surface area (Å²) in [5, 5.41) is 4.54. The van der Waals surface area contributed by atoms with Gasteiger partial charge in [0.2, 0.25) is 0 Å². The molecule has 0 aliphatic carbocycles. The van der Waals surface area contributed by atoms with Gasteiger partial charge in [-0.15, -0.1) is 11.8 Å². The number of thioether (sulfide) groups is 1. The minimum absolute atomic E-state index is 1.01. The fourth-order valence-electron chi connectivity index (χ4n) is 0.703. The third-order valence-corrected chi connectivity index (χ3v) is 2.00. The van der Waals surface area contributed by atoms with E-state index in [4.69, 9.17) is 0 Å². The molecule has 0 saturated carbocycles. The average molecular weight is 141 g/mol. The van der Waals surface area contributed by atoms with E-state index in [9.17, 15) is 0 Å². The van der Waals surface area contributed by atoms with Crippen molar-refractivity contribution in [1.82, 2.24) is 5.32 Å². The zero-order valence-corrected chi connectivity index (χ0v) is 6.59. The van der Waals surface area contributed by atoms with E-state index in [1.807, 2.05) is 0 Å². The maximum absolute atomic E-state index is 3.27. The molecule has 9 heavy (non-hydrogen) atoms. The molecule has 0 saturated heterocycles. The maximum Gasteiger partial charge on any atom is 0.0681 e. The SMILES string of the molecule is CSC1=CC=C(C)CN1. The number of hydrogen-bond donors (Lipinski definition) is 1. The molecular formula is C7H11NS. The zero-order chi connectivity index (χ0) is 6.69. The van der Waals surface area contributed by atoms with E-state index in [1.165, 1.54) is 10.6 Å². The van der Waals surface area contributed by atoms with E-state index in [1.54, 1.807) is 11.8 Å². The van der Waals surface area contributed by atoms with Gasteiger partial charge in [0.05, 0.1) is 5.03 Å². The Morgan fingerprint density at radius 1 is 1.56 bits per heavy atom. The van der Waals surface area contributed by atoms with Crippen molar-refractivity contribution >= 4 is 11.8 Å². The van der Waals surface area contributed by atoms with Crippen molar-refractivity contribution in [2.45, 2.75) is 6.92 Å². The van der Waals surface area contributed by atoms with E-state index >= 15 is 0 Å². The molecule has 0 radical (unpaired) electrons. The van der Waals surface area contributed by atoms with Gasteiger partial charge < -0.3 is 5.32 Å². The van der Waals surface area contributed by atoms with Crippen LogP contribution in [0.2, 0.25) is 0 Å². The quantitative estimate of drug-likeness (QED) is 0.597. The molecule has 0 spiro atoms. The standard InChI is InChI=1S/C7H11NS/c1-6-3-4-7(9-2)8-5-6/h3-4,8H,5H2,1-2H3. The van der Waals surface area contributed by atoms with Gasteiger partial charge in [-0.2, -0.15) is 0 Å². The number of dihydropyridines is 1. The minimum Gasteiger partial charge on any atom is -0.376 e. The van der Waals surface area contributed by atoms with Gasteiger partial charge in [-0.3, -0.25) is 0 Å². The second-order valence-corrected chi connectivity index (χ2v) is 2.95. The Morgan fingerprint density at radius 3 is 2.78 bits per heavy atom. The first-order chi connectivity index (χ1) is 4.33. The highest BCUT2D eigenvalue weighted by atomic mass is 32.2. The molecule has 1 nitrogen and oxygen atoms in total. The lowest BCUT2D eigenvalue weighted by Gasteiger charge is -2.11. The lowest BCUT2D eigenvalue weighted by atomic mass is 10.2. The molecule has 2 heteroatoms. The van der Waals surface area contributed by atoms with Crippen LogP contribution in [0.15, 0.2) is 22.8 Å². The number of allylic oxidation sites excluding steroid dienone is 2. The smallest absolute Gasteiger partial charge is 0.0681 e. The van der Waals surface area contributed by atoms with Gasteiger partial charge in [0.25, 0.3) is 0 Å². The van der Waals surface area contributed by atoms with Crippen LogP contribution >= 0.6 is 11.8 Å². The molecule has 50 valence electrons. The Labute approximate surface area is 60.2 Å². The Bertz CT molecular complexity index is 158. The topological polar surface area (TPSA) is 12.0 Å². The van der Waals surface area contributed by atoms with Gasteiger partial charge in [0.1, 0.15) is 0 Å². The number of nitrogens with one attached hydrogen (secondary N) is 1. The molecular weight excluding hydrogens is 130 g/mol. The van der Waals surface area contributed by atoms with E-state index in [0.717, 1.165) is 6.54 Å². The highest BCUT2D eigenvalue weighted by Gasteiger charge is 1.97. The van der Waals surface area contributed by atoms with Crippen LogP contribution in [0.5, 0.6) is 0 Å². The number of hydrogen-bond acceptors (Lipinski definition) is 2. The Balaban J connectivity index is 2.59. The molecule has 1 rings (SSSR count). The van der Waals surface area contributed by atoms with Crippen LogP contribution in [0.25, 0.3) is 0 Å². The van der Waals surface area contributed by atoms with Crippen LogP contribution in [0.4, 0.5) is 0 Å². The highest BCUT2D eigenvalue weighted by molar-refractivity contribution is 8.02. The first-order valence-electron chi connectivity index (χ1n) is 2.98. The van der Waals surface area contributed by atoms with Crippen molar-refractivity contribution in [2.24, 2.45) is 0 Å².